The first-order valence-corrected chi connectivity index (χ1v) is 7.00. The SMILES string of the molecule is COc1cc(NC(=O)CN2CCCC2)cc(OC)c1OC. The summed E-state index contributed by atoms with van der Waals surface area (Å²) in [5.74, 6) is 1.52. The van der Waals surface area contributed by atoms with Gasteiger partial charge in [-0.05, 0) is 25.9 Å². The van der Waals surface area contributed by atoms with Gasteiger partial charge in [0.15, 0.2) is 11.5 Å². The van der Waals surface area contributed by atoms with Crippen LogP contribution in [-0.4, -0.2) is 51.8 Å². The number of hydrogen-bond acceptors (Lipinski definition) is 5. The van der Waals surface area contributed by atoms with Crippen LogP contribution in [0.1, 0.15) is 12.8 Å². The minimum Gasteiger partial charge on any atom is -0.493 e. The van der Waals surface area contributed by atoms with Gasteiger partial charge < -0.3 is 19.5 Å². The lowest BCUT2D eigenvalue weighted by Crippen LogP contribution is -2.30. The van der Waals surface area contributed by atoms with Gasteiger partial charge in [0.1, 0.15) is 0 Å². The van der Waals surface area contributed by atoms with Crippen molar-refractivity contribution in [2.75, 3.05) is 46.3 Å². The molecule has 0 radical (unpaired) electrons. The van der Waals surface area contributed by atoms with E-state index in [4.69, 9.17) is 14.2 Å². The average Bonchev–Trinajstić information content (AvgIpc) is 2.98. The molecule has 0 bridgehead atoms. The van der Waals surface area contributed by atoms with Crippen LogP contribution in [0.25, 0.3) is 0 Å². The van der Waals surface area contributed by atoms with Gasteiger partial charge in [0.25, 0.3) is 0 Å². The Kier molecular flexibility index (Phi) is 5.27. The number of anilines is 1. The van der Waals surface area contributed by atoms with Crippen LogP contribution in [0, 0.1) is 0 Å². The van der Waals surface area contributed by atoms with Crippen LogP contribution in [0.3, 0.4) is 0 Å². The predicted octanol–water partition coefficient (Wildman–Crippen LogP) is 1.75. The summed E-state index contributed by atoms with van der Waals surface area (Å²) in [4.78, 5) is 14.2. The zero-order valence-electron chi connectivity index (χ0n) is 12.8. The maximum atomic E-state index is 12.1. The molecule has 1 aliphatic heterocycles. The number of carbonyl (C=O) groups excluding carboxylic acids is 1. The van der Waals surface area contributed by atoms with E-state index in [9.17, 15) is 4.79 Å². The zero-order chi connectivity index (χ0) is 15.2. The number of nitrogens with zero attached hydrogens (tertiary/aromatic N) is 1. The molecular formula is C15H22N2O4. The van der Waals surface area contributed by atoms with E-state index in [0.717, 1.165) is 25.9 Å². The molecule has 116 valence electrons. The van der Waals surface area contributed by atoms with E-state index in [1.54, 1.807) is 33.5 Å². The normalized spacial score (nSPS) is 14.8. The van der Waals surface area contributed by atoms with Crippen molar-refractivity contribution in [2.24, 2.45) is 0 Å². The van der Waals surface area contributed by atoms with Crippen LogP contribution in [-0.2, 0) is 4.79 Å². The van der Waals surface area contributed by atoms with Gasteiger partial charge in [-0.1, -0.05) is 0 Å². The lowest BCUT2D eigenvalue weighted by Gasteiger charge is -2.16. The second-order valence-electron chi connectivity index (χ2n) is 4.95. The standard InChI is InChI=1S/C15H22N2O4/c1-19-12-8-11(9-13(20-2)15(12)21-3)16-14(18)10-17-6-4-5-7-17/h8-9H,4-7,10H2,1-3H3,(H,16,18). The third-order valence-corrected chi connectivity index (χ3v) is 3.51. The molecule has 0 atom stereocenters. The second-order valence-corrected chi connectivity index (χ2v) is 4.95. The molecule has 1 amide bonds. The lowest BCUT2D eigenvalue weighted by atomic mass is 10.2. The van der Waals surface area contributed by atoms with Crippen LogP contribution in [0.2, 0.25) is 0 Å². The molecule has 0 unspecified atom stereocenters. The van der Waals surface area contributed by atoms with Gasteiger partial charge in [-0.2, -0.15) is 0 Å². The molecule has 1 heterocycles. The zero-order valence-corrected chi connectivity index (χ0v) is 12.8. The van der Waals surface area contributed by atoms with Crippen molar-refractivity contribution in [2.45, 2.75) is 12.8 Å². The van der Waals surface area contributed by atoms with E-state index >= 15 is 0 Å². The number of likely N-dealkylation sites (tertiary alicyclic amines) is 1. The minimum absolute atomic E-state index is 0.0360. The summed E-state index contributed by atoms with van der Waals surface area (Å²) in [5.41, 5.74) is 0.633. The van der Waals surface area contributed by atoms with Crippen LogP contribution in [0.4, 0.5) is 5.69 Å². The third-order valence-electron chi connectivity index (χ3n) is 3.51. The quantitative estimate of drug-likeness (QED) is 0.866. The average molecular weight is 294 g/mol. The predicted molar refractivity (Wildman–Crippen MR) is 80.4 cm³/mol. The Morgan fingerprint density at radius 1 is 1.10 bits per heavy atom. The number of benzene rings is 1. The Hall–Kier alpha value is -1.95. The molecule has 1 fully saturated rings. The molecular weight excluding hydrogens is 272 g/mol. The van der Waals surface area contributed by atoms with Crippen molar-refractivity contribution in [3.8, 4) is 17.2 Å². The monoisotopic (exact) mass is 294 g/mol. The highest BCUT2D eigenvalue weighted by Gasteiger charge is 2.17. The highest BCUT2D eigenvalue weighted by Crippen LogP contribution is 2.39. The summed E-state index contributed by atoms with van der Waals surface area (Å²) in [6.07, 6.45) is 2.33. The van der Waals surface area contributed by atoms with E-state index in [0.29, 0.717) is 29.5 Å². The highest BCUT2D eigenvalue weighted by molar-refractivity contribution is 5.93. The van der Waals surface area contributed by atoms with Crippen molar-refractivity contribution in [1.82, 2.24) is 4.90 Å². The van der Waals surface area contributed by atoms with Crippen LogP contribution < -0.4 is 19.5 Å². The number of carbonyl (C=O) groups is 1. The molecule has 1 N–H and O–H groups in total. The topological polar surface area (TPSA) is 60.0 Å². The fourth-order valence-electron chi connectivity index (χ4n) is 2.50. The first-order valence-electron chi connectivity index (χ1n) is 7.00. The van der Waals surface area contributed by atoms with Gasteiger partial charge in [-0.25, -0.2) is 0 Å². The fourth-order valence-corrected chi connectivity index (χ4v) is 2.50. The molecule has 21 heavy (non-hydrogen) atoms. The summed E-state index contributed by atoms with van der Waals surface area (Å²) in [6.45, 7) is 2.39. The number of ether oxygens (including phenoxy) is 3. The van der Waals surface area contributed by atoms with Gasteiger partial charge in [-0.15, -0.1) is 0 Å². The van der Waals surface area contributed by atoms with Crippen molar-refractivity contribution < 1.29 is 19.0 Å². The molecule has 0 aromatic heterocycles. The number of amides is 1. The molecule has 0 spiro atoms. The first kappa shape index (κ1) is 15.4. The first-order chi connectivity index (χ1) is 10.2. The van der Waals surface area contributed by atoms with Crippen molar-refractivity contribution in [3.05, 3.63) is 12.1 Å². The highest BCUT2D eigenvalue weighted by atomic mass is 16.5. The van der Waals surface area contributed by atoms with Gasteiger partial charge in [0, 0.05) is 17.8 Å². The fraction of sp³-hybridized carbons (Fsp3) is 0.533. The molecule has 2 rings (SSSR count). The molecule has 6 nitrogen and oxygen atoms in total. The lowest BCUT2D eigenvalue weighted by molar-refractivity contribution is -0.117. The molecule has 1 aromatic rings. The molecule has 1 saturated heterocycles. The van der Waals surface area contributed by atoms with Crippen LogP contribution >= 0.6 is 0 Å². The maximum Gasteiger partial charge on any atom is 0.238 e. The van der Waals surface area contributed by atoms with Crippen molar-refractivity contribution in [1.29, 1.82) is 0 Å². The largest absolute Gasteiger partial charge is 0.493 e. The van der Waals surface area contributed by atoms with Gasteiger partial charge in [0.05, 0.1) is 27.9 Å². The number of hydrogen-bond donors (Lipinski definition) is 1. The third kappa shape index (κ3) is 3.78. The Morgan fingerprint density at radius 3 is 2.14 bits per heavy atom. The second kappa shape index (κ2) is 7.17. The maximum absolute atomic E-state index is 12.1. The number of methoxy groups -OCH3 is 3. The van der Waals surface area contributed by atoms with E-state index in [2.05, 4.69) is 10.2 Å². The van der Waals surface area contributed by atoms with Crippen LogP contribution in [0.5, 0.6) is 17.2 Å². The van der Waals surface area contributed by atoms with E-state index < -0.39 is 0 Å². The van der Waals surface area contributed by atoms with E-state index in [1.807, 2.05) is 0 Å². The molecule has 6 heteroatoms. The Bertz CT molecular complexity index is 473. The smallest absolute Gasteiger partial charge is 0.238 e. The van der Waals surface area contributed by atoms with Crippen molar-refractivity contribution in [3.63, 3.8) is 0 Å². The molecule has 1 aliphatic rings. The minimum atomic E-state index is -0.0360. The van der Waals surface area contributed by atoms with Crippen LogP contribution in [0.15, 0.2) is 12.1 Å². The summed E-state index contributed by atoms with van der Waals surface area (Å²) >= 11 is 0. The summed E-state index contributed by atoms with van der Waals surface area (Å²) < 4.78 is 15.8. The Morgan fingerprint density at radius 2 is 1.67 bits per heavy atom. The molecule has 1 aromatic carbocycles. The van der Waals surface area contributed by atoms with Gasteiger partial charge in [-0.3, -0.25) is 9.69 Å². The van der Waals surface area contributed by atoms with Gasteiger partial charge >= 0.3 is 0 Å². The van der Waals surface area contributed by atoms with E-state index in [-0.39, 0.29) is 5.91 Å². The van der Waals surface area contributed by atoms with Gasteiger partial charge in [0.2, 0.25) is 11.7 Å². The number of nitrogens with one attached hydrogen (secondary N) is 1. The Balaban J connectivity index is 2.09. The summed E-state index contributed by atoms with van der Waals surface area (Å²) in [7, 11) is 4.65. The van der Waals surface area contributed by atoms with Crippen molar-refractivity contribution >= 4 is 11.6 Å². The number of rotatable bonds is 6. The Labute approximate surface area is 125 Å². The molecule has 0 aliphatic carbocycles. The summed E-state index contributed by atoms with van der Waals surface area (Å²) in [5, 5.41) is 2.87. The molecule has 0 saturated carbocycles. The summed E-state index contributed by atoms with van der Waals surface area (Å²) in [6, 6.07) is 3.45. The van der Waals surface area contributed by atoms with E-state index in [1.165, 1.54) is 0 Å².